The predicted octanol–water partition coefficient (Wildman–Crippen LogP) is 0.727. The molecule has 0 radical (unpaired) electrons. The van der Waals surface area contributed by atoms with Gasteiger partial charge in [0, 0.05) is 13.2 Å². The molecule has 15 heavy (non-hydrogen) atoms. The second kappa shape index (κ2) is 5.70. The topological polar surface area (TPSA) is 64.6 Å². The summed E-state index contributed by atoms with van der Waals surface area (Å²) >= 11 is 0. The SMILES string of the molecule is COC(=O)NC(C(C)=O)C1CCOCC1. The van der Waals surface area contributed by atoms with Crippen molar-refractivity contribution in [3.05, 3.63) is 0 Å². The number of rotatable bonds is 3. The van der Waals surface area contributed by atoms with Crippen molar-refractivity contribution < 1.29 is 19.1 Å². The van der Waals surface area contributed by atoms with Gasteiger partial charge in [-0.2, -0.15) is 0 Å². The third-order valence-corrected chi connectivity index (χ3v) is 2.63. The van der Waals surface area contributed by atoms with E-state index in [4.69, 9.17) is 4.74 Å². The summed E-state index contributed by atoms with van der Waals surface area (Å²) in [5.74, 6) is 0.127. The van der Waals surface area contributed by atoms with E-state index in [0.29, 0.717) is 13.2 Å². The highest BCUT2D eigenvalue weighted by Gasteiger charge is 2.28. The maximum atomic E-state index is 11.4. The minimum atomic E-state index is -0.554. The fourth-order valence-corrected chi connectivity index (χ4v) is 1.79. The van der Waals surface area contributed by atoms with Gasteiger partial charge in [-0.05, 0) is 25.7 Å². The van der Waals surface area contributed by atoms with Gasteiger partial charge in [0.05, 0.1) is 13.2 Å². The Morgan fingerprint density at radius 3 is 2.47 bits per heavy atom. The zero-order chi connectivity index (χ0) is 11.3. The van der Waals surface area contributed by atoms with Crippen molar-refractivity contribution in [3.8, 4) is 0 Å². The first-order valence-electron chi connectivity index (χ1n) is 5.08. The van der Waals surface area contributed by atoms with Crippen molar-refractivity contribution in [1.82, 2.24) is 5.32 Å². The van der Waals surface area contributed by atoms with E-state index in [0.717, 1.165) is 12.8 Å². The number of carbonyl (C=O) groups excluding carboxylic acids is 2. The summed E-state index contributed by atoms with van der Waals surface area (Å²) in [5, 5.41) is 2.57. The van der Waals surface area contributed by atoms with Crippen molar-refractivity contribution in [2.75, 3.05) is 20.3 Å². The zero-order valence-electron chi connectivity index (χ0n) is 9.12. The summed E-state index contributed by atoms with van der Waals surface area (Å²) in [4.78, 5) is 22.4. The Hall–Kier alpha value is -1.10. The van der Waals surface area contributed by atoms with Crippen LogP contribution in [0.3, 0.4) is 0 Å². The Labute approximate surface area is 89.1 Å². The molecule has 0 aliphatic carbocycles. The van der Waals surface area contributed by atoms with Crippen LogP contribution < -0.4 is 5.32 Å². The fraction of sp³-hybridized carbons (Fsp3) is 0.800. The lowest BCUT2D eigenvalue weighted by molar-refractivity contribution is -0.121. The van der Waals surface area contributed by atoms with Gasteiger partial charge in [-0.15, -0.1) is 0 Å². The molecule has 1 rings (SSSR count). The quantitative estimate of drug-likeness (QED) is 0.753. The molecule has 1 aliphatic heterocycles. The van der Waals surface area contributed by atoms with Gasteiger partial charge in [0.15, 0.2) is 5.78 Å². The largest absolute Gasteiger partial charge is 0.453 e. The Balaban J connectivity index is 2.55. The van der Waals surface area contributed by atoms with Crippen LogP contribution in [0.4, 0.5) is 4.79 Å². The highest BCUT2D eigenvalue weighted by Crippen LogP contribution is 2.19. The molecular formula is C10H17NO4. The molecule has 1 fully saturated rings. The van der Waals surface area contributed by atoms with E-state index < -0.39 is 12.1 Å². The van der Waals surface area contributed by atoms with Crippen LogP contribution in [0, 0.1) is 5.92 Å². The molecule has 0 aromatic carbocycles. The van der Waals surface area contributed by atoms with Crippen molar-refractivity contribution in [2.24, 2.45) is 5.92 Å². The van der Waals surface area contributed by atoms with Crippen molar-refractivity contribution >= 4 is 11.9 Å². The van der Waals surface area contributed by atoms with Crippen molar-refractivity contribution in [3.63, 3.8) is 0 Å². The fourth-order valence-electron chi connectivity index (χ4n) is 1.79. The summed E-state index contributed by atoms with van der Waals surface area (Å²) in [5.41, 5.74) is 0. The van der Waals surface area contributed by atoms with Crippen LogP contribution in [-0.4, -0.2) is 38.2 Å². The van der Waals surface area contributed by atoms with Crippen LogP contribution >= 0.6 is 0 Å². The van der Waals surface area contributed by atoms with Gasteiger partial charge < -0.3 is 14.8 Å². The smallest absolute Gasteiger partial charge is 0.407 e. The number of amides is 1. The van der Waals surface area contributed by atoms with E-state index in [1.807, 2.05) is 0 Å². The summed E-state index contributed by atoms with van der Waals surface area (Å²) in [6, 6.07) is -0.443. The van der Waals surface area contributed by atoms with Gasteiger partial charge in [0.25, 0.3) is 0 Å². The van der Waals surface area contributed by atoms with Crippen LogP contribution in [0.1, 0.15) is 19.8 Å². The van der Waals surface area contributed by atoms with E-state index in [2.05, 4.69) is 10.1 Å². The molecule has 0 saturated carbocycles. The number of nitrogens with one attached hydrogen (secondary N) is 1. The highest BCUT2D eigenvalue weighted by atomic mass is 16.5. The first kappa shape index (κ1) is 12.0. The number of methoxy groups -OCH3 is 1. The molecule has 5 nitrogen and oxygen atoms in total. The number of alkyl carbamates (subject to hydrolysis) is 1. The minimum absolute atomic E-state index is 0.0349. The number of hydrogen-bond acceptors (Lipinski definition) is 4. The lowest BCUT2D eigenvalue weighted by atomic mass is 9.89. The Morgan fingerprint density at radius 1 is 1.40 bits per heavy atom. The maximum absolute atomic E-state index is 11.4. The van der Waals surface area contributed by atoms with Gasteiger partial charge in [0.2, 0.25) is 0 Å². The summed E-state index contributed by atoms with van der Waals surface area (Å²) in [6.45, 7) is 2.78. The molecule has 86 valence electrons. The molecule has 1 heterocycles. The second-order valence-corrected chi connectivity index (χ2v) is 3.67. The number of ketones is 1. The van der Waals surface area contributed by atoms with Gasteiger partial charge >= 0.3 is 6.09 Å². The monoisotopic (exact) mass is 215 g/mol. The molecule has 0 aromatic rings. The van der Waals surface area contributed by atoms with E-state index in [1.54, 1.807) is 0 Å². The van der Waals surface area contributed by atoms with Crippen LogP contribution in [0.25, 0.3) is 0 Å². The summed E-state index contributed by atoms with van der Waals surface area (Å²) in [7, 11) is 1.29. The first-order chi connectivity index (χ1) is 7.15. The number of ether oxygens (including phenoxy) is 2. The average Bonchev–Trinajstić information content (AvgIpc) is 2.26. The lowest BCUT2D eigenvalue weighted by Crippen LogP contribution is -2.46. The number of Topliss-reactive ketones (excluding diaryl/α,β-unsaturated/α-hetero) is 1. The van der Waals surface area contributed by atoms with Gasteiger partial charge in [-0.1, -0.05) is 0 Å². The Morgan fingerprint density at radius 2 is 2.00 bits per heavy atom. The molecule has 5 heteroatoms. The Kier molecular flexibility index (Phi) is 4.55. The second-order valence-electron chi connectivity index (χ2n) is 3.67. The number of carbonyl (C=O) groups is 2. The molecule has 0 aromatic heterocycles. The predicted molar refractivity (Wildman–Crippen MR) is 53.6 cm³/mol. The van der Waals surface area contributed by atoms with E-state index in [-0.39, 0.29) is 11.7 Å². The summed E-state index contributed by atoms with van der Waals surface area (Å²) in [6.07, 6.45) is 1.05. The van der Waals surface area contributed by atoms with Crippen LogP contribution in [0.2, 0.25) is 0 Å². The van der Waals surface area contributed by atoms with Gasteiger partial charge in [-0.3, -0.25) is 4.79 Å². The van der Waals surface area contributed by atoms with Gasteiger partial charge in [0.1, 0.15) is 0 Å². The van der Waals surface area contributed by atoms with Crippen LogP contribution in [0.5, 0.6) is 0 Å². The van der Waals surface area contributed by atoms with Crippen LogP contribution in [-0.2, 0) is 14.3 Å². The van der Waals surface area contributed by atoms with Gasteiger partial charge in [-0.25, -0.2) is 4.79 Å². The molecule has 0 bridgehead atoms. The minimum Gasteiger partial charge on any atom is -0.453 e. The maximum Gasteiger partial charge on any atom is 0.407 e. The molecule has 1 N–H and O–H groups in total. The van der Waals surface area contributed by atoms with E-state index in [9.17, 15) is 9.59 Å². The third-order valence-electron chi connectivity index (χ3n) is 2.63. The highest BCUT2D eigenvalue weighted by molar-refractivity contribution is 5.85. The van der Waals surface area contributed by atoms with Crippen LogP contribution in [0.15, 0.2) is 0 Å². The molecule has 0 spiro atoms. The normalized spacial score (nSPS) is 19.3. The summed E-state index contributed by atoms with van der Waals surface area (Å²) < 4.78 is 9.69. The number of hydrogen-bond donors (Lipinski definition) is 1. The molecule has 1 atom stereocenters. The molecule has 1 aliphatic rings. The standard InChI is InChI=1S/C10H17NO4/c1-7(12)9(11-10(13)14-2)8-3-5-15-6-4-8/h8-9H,3-6H2,1-2H3,(H,11,13). The zero-order valence-corrected chi connectivity index (χ0v) is 9.12. The molecule has 1 unspecified atom stereocenters. The van der Waals surface area contributed by atoms with E-state index >= 15 is 0 Å². The average molecular weight is 215 g/mol. The third kappa shape index (κ3) is 3.51. The van der Waals surface area contributed by atoms with E-state index in [1.165, 1.54) is 14.0 Å². The molecular weight excluding hydrogens is 198 g/mol. The Bertz CT molecular complexity index is 236. The van der Waals surface area contributed by atoms with Crippen molar-refractivity contribution in [1.29, 1.82) is 0 Å². The molecule has 1 amide bonds. The lowest BCUT2D eigenvalue weighted by Gasteiger charge is -2.28. The van der Waals surface area contributed by atoms with Crippen molar-refractivity contribution in [2.45, 2.75) is 25.8 Å². The molecule has 1 saturated heterocycles. The first-order valence-corrected chi connectivity index (χ1v) is 5.08.